The fourth-order valence-electron chi connectivity index (χ4n) is 3.47. The minimum Gasteiger partial charge on any atom is -0.373 e. The van der Waals surface area contributed by atoms with Crippen LogP contribution in [0.15, 0.2) is 6.07 Å². The molecule has 2 fully saturated rings. The van der Waals surface area contributed by atoms with Gasteiger partial charge in [0.05, 0.1) is 18.4 Å². The Morgan fingerprint density at radius 2 is 1.86 bits per heavy atom. The molecule has 3 rings (SSSR count). The van der Waals surface area contributed by atoms with Crippen LogP contribution in [0.2, 0.25) is 0 Å². The normalized spacial score (nSPS) is 28.1. The minimum absolute atomic E-state index is 0.0505. The van der Waals surface area contributed by atoms with Crippen molar-refractivity contribution >= 4 is 17.6 Å². The summed E-state index contributed by atoms with van der Waals surface area (Å²) >= 11 is 0. The molecule has 1 aliphatic heterocycles. The zero-order valence-electron chi connectivity index (χ0n) is 12.6. The third-order valence-corrected chi connectivity index (χ3v) is 4.42. The van der Waals surface area contributed by atoms with Gasteiger partial charge in [-0.05, 0) is 25.7 Å². The van der Waals surface area contributed by atoms with Gasteiger partial charge in [0.15, 0.2) is 5.82 Å². The van der Waals surface area contributed by atoms with E-state index in [1.807, 2.05) is 13.0 Å². The first-order valence-electron chi connectivity index (χ1n) is 7.37. The van der Waals surface area contributed by atoms with Gasteiger partial charge in [-0.15, -0.1) is 0 Å². The molecule has 2 amide bonds. The van der Waals surface area contributed by atoms with E-state index in [0.717, 1.165) is 18.5 Å². The number of hydrogen-bond acceptors (Lipinski definition) is 5. The standard InChI is InChI=1S/C15H20N4O2/c1-8-4-10-11(5-8)15(21)19(14(10)20)7-13-17-9(2)6-12(16-3)18-13/h6,8,10-11H,4-5,7H2,1-3H3,(H,16,17,18). The van der Waals surface area contributed by atoms with Gasteiger partial charge in [-0.2, -0.15) is 0 Å². The molecule has 2 atom stereocenters. The summed E-state index contributed by atoms with van der Waals surface area (Å²) in [6.45, 7) is 4.15. The van der Waals surface area contributed by atoms with E-state index in [1.165, 1.54) is 4.90 Å². The average molecular weight is 288 g/mol. The Labute approximate surface area is 124 Å². The van der Waals surface area contributed by atoms with Crippen LogP contribution in [-0.4, -0.2) is 33.7 Å². The largest absolute Gasteiger partial charge is 0.373 e. The molecule has 0 bridgehead atoms. The molecule has 0 aromatic carbocycles. The molecule has 1 aliphatic carbocycles. The van der Waals surface area contributed by atoms with E-state index in [2.05, 4.69) is 22.2 Å². The third kappa shape index (κ3) is 2.39. The first-order chi connectivity index (χ1) is 9.99. The predicted octanol–water partition coefficient (Wildman–Crippen LogP) is 1.36. The molecule has 2 unspecified atom stereocenters. The van der Waals surface area contributed by atoms with E-state index >= 15 is 0 Å². The van der Waals surface area contributed by atoms with Crippen LogP contribution < -0.4 is 5.32 Å². The molecule has 6 nitrogen and oxygen atoms in total. The van der Waals surface area contributed by atoms with Crippen molar-refractivity contribution in [3.8, 4) is 0 Å². The van der Waals surface area contributed by atoms with Crippen molar-refractivity contribution in [3.05, 3.63) is 17.6 Å². The quantitative estimate of drug-likeness (QED) is 0.850. The summed E-state index contributed by atoms with van der Waals surface area (Å²) < 4.78 is 0. The molecule has 21 heavy (non-hydrogen) atoms. The maximum absolute atomic E-state index is 12.4. The van der Waals surface area contributed by atoms with E-state index in [1.54, 1.807) is 7.05 Å². The number of anilines is 1. The van der Waals surface area contributed by atoms with Gasteiger partial charge < -0.3 is 5.32 Å². The van der Waals surface area contributed by atoms with Gasteiger partial charge in [0.1, 0.15) is 5.82 Å². The fourth-order valence-corrected chi connectivity index (χ4v) is 3.47. The highest BCUT2D eigenvalue weighted by Gasteiger charge is 2.51. The molecule has 1 N–H and O–H groups in total. The van der Waals surface area contributed by atoms with Crippen molar-refractivity contribution in [2.24, 2.45) is 17.8 Å². The summed E-state index contributed by atoms with van der Waals surface area (Å²) in [5, 5.41) is 2.96. The lowest BCUT2D eigenvalue weighted by Crippen LogP contribution is -2.32. The Morgan fingerprint density at radius 1 is 1.24 bits per heavy atom. The monoisotopic (exact) mass is 288 g/mol. The molecule has 0 spiro atoms. The summed E-state index contributed by atoms with van der Waals surface area (Å²) in [6.07, 6.45) is 1.64. The average Bonchev–Trinajstić information content (AvgIpc) is 2.92. The van der Waals surface area contributed by atoms with Crippen LogP contribution in [0, 0.1) is 24.7 Å². The maximum atomic E-state index is 12.4. The van der Waals surface area contributed by atoms with Gasteiger partial charge in [-0.25, -0.2) is 9.97 Å². The highest BCUT2D eigenvalue weighted by Crippen LogP contribution is 2.43. The Kier molecular flexibility index (Phi) is 3.39. The lowest BCUT2D eigenvalue weighted by atomic mass is 10.00. The van der Waals surface area contributed by atoms with Gasteiger partial charge in [-0.3, -0.25) is 14.5 Å². The lowest BCUT2D eigenvalue weighted by Gasteiger charge is -2.16. The zero-order chi connectivity index (χ0) is 15.1. The maximum Gasteiger partial charge on any atom is 0.233 e. The summed E-state index contributed by atoms with van der Waals surface area (Å²) in [5.74, 6) is 1.32. The number of rotatable bonds is 3. The van der Waals surface area contributed by atoms with Crippen molar-refractivity contribution < 1.29 is 9.59 Å². The van der Waals surface area contributed by atoms with Crippen LogP contribution in [-0.2, 0) is 16.1 Å². The summed E-state index contributed by atoms with van der Waals surface area (Å²) in [7, 11) is 1.78. The van der Waals surface area contributed by atoms with E-state index in [9.17, 15) is 9.59 Å². The number of nitrogens with zero attached hydrogens (tertiary/aromatic N) is 3. The highest BCUT2D eigenvalue weighted by molar-refractivity contribution is 6.05. The van der Waals surface area contributed by atoms with Crippen molar-refractivity contribution in [1.82, 2.24) is 14.9 Å². The van der Waals surface area contributed by atoms with Crippen LogP contribution in [0.25, 0.3) is 0 Å². The van der Waals surface area contributed by atoms with E-state index in [4.69, 9.17) is 0 Å². The molecule has 2 heterocycles. The molecule has 1 saturated heterocycles. The van der Waals surface area contributed by atoms with Crippen LogP contribution in [0.5, 0.6) is 0 Å². The number of carbonyl (C=O) groups excluding carboxylic acids is 2. The van der Waals surface area contributed by atoms with Crippen molar-refractivity contribution in [2.45, 2.75) is 33.2 Å². The van der Waals surface area contributed by atoms with E-state index in [-0.39, 0.29) is 30.2 Å². The number of amides is 2. The summed E-state index contributed by atoms with van der Waals surface area (Å²) in [4.78, 5) is 34.8. The molecule has 6 heteroatoms. The van der Waals surface area contributed by atoms with Crippen molar-refractivity contribution in [1.29, 1.82) is 0 Å². The number of aromatic nitrogens is 2. The fraction of sp³-hybridized carbons (Fsp3) is 0.600. The van der Waals surface area contributed by atoms with Gasteiger partial charge in [-0.1, -0.05) is 6.92 Å². The number of fused-ring (bicyclic) bond motifs is 1. The Hall–Kier alpha value is -1.98. The molecule has 2 aliphatic rings. The summed E-state index contributed by atoms with van der Waals surface area (Å²) in [6, 6.07) is 1.83. The van der Waals surface area contributed by atoms with Crippen LogP contribution in [0.4, 0.5) is 5.82 Å². The van der Waals surface area contributed by atoms with Gasteiger partial charge in [0.25, 0.3) is 0 Å². The number of carbonyl (C=O) groups is 2. The first-order valence-corrected chi connectivity index (χ1v) is 7.37. The number of aryl methyl sites for hydroxylation is 1. The Balaban J connectivity index is 1.81. The summed E-state index contributed by atoms with van der Waals surface area (Å²) in [5.41, 5.74) is 0.817. The highest BCUT2D eigenvalue weighted by atomic mass is 16.2. The lowest BCUT2D eigenvalue weighted by molar-refractivity contribution is -0.141. The molecular weight excluding hydrogens is 268 g/mol. The van der Waals surface area contributed by atoms with Crippen molar-refractivity contribution in [2.75, 3.05) is 12.4 Å². The van der Waals surface area contributed by atoms with Gasteiger partial charge >= 0.3 is 0 Å². The van der Waals surface area contributed by atoms with Crippen molar-refractivity contribution in [3.63, 3.8) is 0 Å². The molecule has 1 aromatic rings. The number of nitrogens with one attached hydrogen (secondary N) is 1. The van der Waals surface area contributed by atoms with Crippen LogP contribution >= 0.6 is 0 Å². The molecule has 1 saturated carbocycles. The van der Waals surface area contributed by atoms with E-state index < -0.39 is 0 Å². The molecule has 1 aromatic heterocycles. The van der Waals surface area contributed by atoms with Crippen LogP contribution in [0.1, 0.15) is 31.3 Å². The molecule has 0 radical (unpaired) electrons. The van der Waals surface area contributed by atoms with E-state index in [0.29, 0.717) is 17.6 Å². The SMILES string of the molecule is CNc1cc(C)nc(CN2C(=O)C3CC(C)CC3C2=O)n1. The number of imide groups is 1. The predicted molar refractivity (Wildman–Crippen MR) is 77.3 cm³/mol. The molecular formula is C15H20N4O2. The van der Waals surface area contributed by atoms with Gasteiger partial charge in [0, 0.05) is 18.8 Å². The Bertz CT molecular complexity index is 577. The minimum atomic E-state index is -0.124. The first kappa shape index (κ1) is 14.0. The number of hydrogen-bond donors (Lipinski definition) is 1. The topological polar surface area (TPSA) is 75.2 Å². The number of likely N-dealkylation sites (tertiary alicyclic amines) is 1. The zero-order valence-corrected chi connectivity index (χ0v) is 12.6. The van der Waals surface area contributed by atoms with Gasteiger partial charge in [0.2, 0.25) is 11.8 Å². The smallest absolute Gasteiger partial charge is 0.233 e. The third-order valence-electron chi connectivity index (χ3n) is 4.42. The second kappa shape index (κ2) is 5.09. The second-order valence-electron chi connectivity index (χ2n) is 6.11. The second-order valence-corrected chi connectivity index (χ2v) is 6.11. The Morgan fingerprint density at radius 3 is 2.43 bits per heavy atom. The molecule has 112 valence electrons. The van der Waals surface area contributed by atoms with Crippen LogP contribution in [0.3, 0.4) is 0 Å².